The molecule has 2 saturated heterocycles. The van der Waals surface area contributed by atoms with Crippen molar-refractivity contribution in [2.75, 3.05) is 24.6 Å². The van der Waals surface area contributed by atoms with Gasteiger partial charge in [-0.1, -0.05) is 12.1 Å². The average Bonchev–Trinajstić information content (AvgIpc) is 3.52. The van der Waals surface area contributed by atoms with Crippen LogP contribution >= 0.6 is 0 Å². The van der Waals surface area contributed by atoms with Gasteiger partial charge in [-0.05, 0) is 31.9 Å². The second-order valence-electron chi connectivity index (χ2n) is 8.66. The zero-order valence-corrected chi connectivity index (χ0v) is 18.0. The number of hydrogen-bond acceptors (Lipinski definition) is 7. The highest BCUT2D eigenvalue weighted by Crippen LogP contribution is 2.33. The Morgan fingerprint density at radius 2 is 1.88 bits per heavy atom. The third kappa shape index (κ3) is 3.25. The lowest BCUT2D eigenvalue weighted by Gasteiger charge is -2.32. The molecule has 1 aromatic carbocycles. The fourth-order valence-corrected chi connectivity index (χ4v) is 4.79. The summed E-state index contributed by atoms with van der Waals surface area (Å²) in [5, 5.41) is 9.74. The summed E-state index contributed by atoms with van der Waals surface area (Å²) in [4.78, 5) is 20.2. The minimum Gasteiger partial charge on any atom is -0.394 e. The molecule has 0 aliphatic carbocycles. The Morgan fingerprint density at radius 3 is 2.61 bits per heavy atom. The molecule has 2 bridgehead atoms. The summed E-state index contributed by atoms with van der Waals surface area (Å²) >= 11 is 0. The summed E-state index contributed by atoms with van der Waals surface area (Å²) in [5.41, 5.74) is 1.83. The van der Waals surface area contributed by atoms with E-state index in [-0.39, 0.29) is 30.7 Å². The van der Waals surface area contributed by atoms with Gasteiger partial charge in [-0.3, -0.25) is 4.57 Å². The Labute approximate surface area is 187 Å². The van der Waals surface area contributed by atoms with Gasteiger partial charge >= 0.3 is 0 Å². The van der Waals surface area contributed by atoms with Gasteiger partial charge in [-0.15, -0.1) is 0 Å². The minimum absolute atomic E-state index is 0.110. The number of para-hydroxylation sites is 2. The molecular formula is C22H23F2N7O2. The number of benzene rings is 1. The summed E-state index contributed by atoms with van der Waals surface area (Å²) < 4.78 is 37.3. The summed E-state index contributed by atoms with van der Waals surface area (Å²) in [6.07, 6.45) is 0.951. The standard InChI is InChI=1S/C22H23F2N7O2/c1-12(10-32)30-11-25-17-19(30)27-22(29-8-13-6-7-14(9-29)33-13)28-20(17)31-16-5-3-2-4-15(16)26-21(31)18(23)24/h2-5,11-14,18,32H,6-10H2,1H3. The number of halogens is 2. The Hall–Kier alpha value is -3.18. The molecule has 4 aromatic rings. The largest absolute Gasteiger partial charge is 0.394 e. The van der Waals surface area contributed by atoms with Crippen molar-refractivity contribution < 1.29 is 18.6 Å². The van der Waals surface area contributed by atoms with E-state index in [1.165, 1.54) is 4.57 Å². The number of fused-ring (bicyclic) bond motifs is 4. The summed E-state index contributed by atoms with van der Waals surface area (Å²) in [6, 6.07) is 6.69. The molecule has 172 valence electrons. The van der Waals surface area contributed by atoms with Crippen molar-refractivity contribution in [2.45, 2.75) is 44.4 Å². The van der Waals surface area contributed by atoms with E-state index in [4.69, 9.17) is 14.7 Å². The van der Waals surface area contributed by atoms with E-state index in [0.717, 1.165) is 12.8 Å². The highest BCUT2D eigenvalue weighted by Gasteiger charge is 2.35. The molecule has 3 unspecified atom stereocenters. The zero-order chi connectivity index (χ0) is 22.7. The molecule has 9 nitrogen and oxygen atoms in total. The Balaban J connectivity index is 1.61. The number of ether oxygens (including phenoxy) is 1. The highest BCUT2D eigenvalue weighted by atomic mass is 19.3. The van der Waals surface area contributed by atoms with E-state index in [1.807, 2.05) is 6.92 Å². The number of morpholine rings is 1. The third-order valence-corrected chi connectivity index (χ3v) is 6.45. The van der Waals surface area contributed by atoms with Crippen molar-refractivity contribution in [2.24, 2.45) is 0 Å². The molecule has 0 saturated carbocycles. The van der Waals surface area contributed by atoms with Crippen LogP contribution in [0.1, 0.15) is 38.1 Å². The number of alkyl halides is 2. The maximum atomic E-state index is 14.1. The lowest BCUT2D eigenvalue weighted by molar-refractivity contribution is 0.0299. The normalized spacial score (nSPS) is 21.5. The maximum absolute atomic E-state index is 14.1. The topological polar surface area (TPSA) is 94.1 Å². The molecule has 3 atom stereocenters. The molecule has 2 fully saturated rings. The van der Waals surface area contributed by atoms with Crippen LogP contribution in [0, 0.1) is 0 Å². The van der Waals surface area contributed by atoms with Crippen LogP contribution in [0.3, 0.4) is 0 Å². The maximum Gasteiger partial charge on any atom is 0.296 e. The lowest BCUT2D eigenvalue weighted by Crippen LogP contribution is -2.43. The third-order valence-electron chi connectivity index (χ3n) is 6.45. The molecule has 6 rings (SSSR count). The average molecular weight is 455 g/mol. The first-order valence-corrected chi connectivity index (χ1v) is 11.0. The van der Waals surface area contributed by atoms with Gasteiger partial charge in [0.25, 0.3) is 6.43 Å². The zero-order valence-electron chi connectivity index (χ0n) is 18.0. The second kappa shape index (κ2) is 7.70. The number of aromatic nitrogens is 6. The van der Waals surface area contributed by atoms with Crippen molar-refractivity contribution in [1.82, 2.24) is 29.1 Å². The van der Waals surface area contributed by atoms with E-state index < -0.39 is 12.2 Å². The van der Waals surface area contributed by atoms with Crippen LogP contribution in [0.5, 0.6) is 0 Å². The molecule has 2 aliphatic heterocycles. The summed E-state index contributed by atoms with van der Waals surface area (Å²) in [7, 11) is 0. The predicted octanol–water partition coefficient (Wildman–Crippen LogP) is 3.02. The van der Waals surface area contributed by atoms with E-state index >= 15 is 0 Å². The van der Waals surface area contributed by atoms with Crippen LogP contribution in [0.2, 0.25) is 0 Å². The highest BCUT2D eigenvalue weighted by molar-refractivity contribution is 5.85. The van der Waals surface area contributed by atoms with E-state index in [2.05, 4.69) is 14.9 Å². The SMILES string of the molecule is CC(CO)n1cnc2c(-n3c(C(F)F)nc4ccccc43)nc(N3CC4CCC(C3)O4)nc21. The van der Waals surface area contributed by atoms with Crippen molar-refractivity contribution in [3.63, 3.8) is 0 Å². The van der Waals surface area contributed by atoms with Crippen LogP contribution in [0.15, 0.2) is 30.6 Å². The van der Waals surface area contributed by atoms with Crippen molar-refractivity contribution in [1.29, 1.82) is 0 Å². The van der Waals surface area contributed by atoms with Gasteiger partial charge in [-0.2, -0.15) is 9.97 Å². The van der Waals surface area contributed by atoms with E-state index in [9.17, 15) is 13.9 Å². The molecule has 3 aromatic heterocycles. The Bertz CT molecular complexity index is 1330. The lowest BCUT2D eigenvalue weighted by atomic mass is 10.2. The quantitative estimate of drug-likeness (QED) is 0.494. The molecule has 0 amide bonds. The number of aliphatic hydroxyl groups excluding tert-OH is 1. The summed E-state index contributed by atoms with van der Waals surface area (Å²) in [5.74, 6) is 0.290. The molecule has 0 radical (unpaired) electrons. The fourth-order valence-electron chi connectivity index (χ4n) is 4.79. The molecule has 33 heavy (non-hydrogen) atoms. The smallest absolute Gasteiger partial charge is 0.296 e. The minimum atomic E-state index is -2.80. The van der Waals surface area contributed by atoms with Crippen LogP contribution in [0.4, 0.5) is 14.7 Å². The van der Waals surface area contributed by atoms with Crippen LogP contribution in [-0.4, -0.2) is 66.1 Å². The van der Waals surface area contributed by atoms with Crippen LogP contribution in [0.25, 0.3) is 28.0 Å². The number of hydrogen-bond donors (Lipinski definition) is 1. The number of rotatable bonds is 5. The first kappa shape index (κ1) is 20.4. The van der Waals surface area contributed by atoms with E-state index in [1.54, 1.807) is 35.2 Å². The molecular weight excluding hydrogens is 432 g/mol. The number of imidazole rings is 2. The van der Waals surface area contributed by atoms with Gasteiger partial charge in [0, 0.05) is 13.1 Å². The fraction of sp³-hybridized carbons (Fsp3) is 0.455. The van der Waals surface area contributed by atoms with Gasteiger partial charge in [0.2, 0.25) is 5.95 Å². The Morgan fingerprint density at radius 1 is 1.12 bits per heavy atom. The Kier molecular flexibility index (Phi) is 4.77. The van der Waals surface area contributed by atoms with E-state index in [0.29, 0.717) is 41.2 Å². The van der Waals surface area contributed by atoms with Crippen molar-refractivity contribution in [3.8, 4) is 5.82 Å². The predicted molar refractivity (Wildman–Crippen MR) is 117 cm³/mol. The van der Waals surface area contributed by atoms with Crippen molar-refractivity contribution >= 4 is 28.1 Å². The van der Waals surface area contributed by atoms with Gasteiger partial charge in [0.05, 0.1) is 42.2 Å². The van der Waals surface area contributed by atoms with Gasteiger partial charge in [0.1, 0.15) is 0 Å². The first-order valence-electron chi connectivity index (χ1n) is 11.0. The van der Waals surface area contributed by atoms with Crippen LogP contribution < -0.4 is 4.90 Å². The number of nitrogens with zero attached hydrogens (tertiary/aromatic N) is 7. The molecule has 11 heteroatoms. The van der Waals surface area contributed by atoms with Crippen molar-refractivity contribution in [3.05, 3.63) is 36.4 Å². The molecule has 2 aliphatic rings. The number of anilines is 1. The molecule has 5 heterocycles. The summed E-state index contributed by atoms with van der Waals surface area (Å²) in [6.45, 7) is 3.00. The monoisotopic (exact) mass is 455 g/mol. The van der Waals surface area contributed by atoms with Gasteiger partial charge in [-0.25, -0.2) is 18.7 Å². The molecule has 0 spiro atoms. The second-order valence-corrected chi connectivity index (χ2v) is 8.66. The van der Waals surface area contributed by atoms with Crippen LogP contribution in [-0.2, 0) is 4.74 Å². The first-order chi connectivity index (χ1) is 16.0. The van der Waals surface area contributed by atoms with Gasteiger partial charge in [0.15, 0.2) is 22.8 Å². The van der Waals surface area contributed by atoms with Gasteiger partial charge < -0.3 is 19.3 Å². The molecule has 1 N–H and O–H groups in total. The number of aliphatic hydroxyl groups is 1.